The minimum absolute atomic E-state index is 0.575. The van der Waals surface area contributed by atoms with Crippen molar-refractivity contribution in [1.82, 2.24) is 0 Å². The lowest BCUT2D eigenvalue weighted by Gasteiger charge is -2.38. The molecule has 0 spiro atoms. The predicted molar refractivity (Wildman–Crippen MR) is 476 cm³/mol. The summed E-state index contributed by atoms with van der Waals surface area (Å²) in [5.41, 5.74) is 26.0. The van der Waals surface area contributed by atoms with Crippen LogP contribution in [0.25, 0.3) is 76.1 Å². The number of hydrogen-bond acceptors (Lipinski definition) is 4. The highest BCUT2D eigenvalue weighted by Gasteiger charge is 2.43. The summed E-state index contributed by atoms with van der Waals surface area (Å²) in [5.74, 6) is 11.0. The molecule has 2 aliphatic heterocycles. The molecule has 546 valence electrons. The van der Waals surface area contributed by atoms with Crippen LogP contribution in [-0.4, -0.2) is 26.2 Å². The van der Waals surface area contributed by atoms with Crippen LogP contribution in [0.1, 0.15) is 209 Å². The Hall–Kier alpha value is -7.69. The second kappa shape index (κ2) is 34.3. The first-order valence-electron chi connectivity index (χ1n) is 40.3. The highest BCUT2D eigenvalue weighted by atomic mass is 32.2. The summed E-state index contributed by atoms with van der Waals surface area (Å²) in [7, 11) is -3.93. The number of fused-ring (bicyclic) bond motifs is 4. The van der Waals surface area contributed by atoms with Crippen molar-refractivity contribution in [2.45, 2.75) is 232 Å². The van der Waals surface area contributed by atoms with Gasteiger partial charge in [-0.1, -0.05) is 356 Å². The van der Waals surface area contributed by atoms with Crippen LogP contribution in [0.5, 0.6) is 0 Å². The molecule has 2 aliphatic rings. The fourth-order valence-corrected chi connectivity index (χ4v) is 30.4. The molecule has 11 aromatic rings. The molecule has 0 bridgehead atoms. The maximum absolute atomic E-state index is 5.55. The van der Waals surface area contributed by atoms with E-state index in [9.17, 15) is 0 Å². The van der Waals surface area contributed by atoms with Crippen LogP contribution in [0.4, 0.5) is 11.4 Å². The zero-order valence-electron chi connectivity index (χ0n) is 67.0. The van der Waals surface area contributed by atoms with Gasteiger partial charge in [-0.2, -0.15) is 0 Å². The Labute approximate surface area is 648 Å². The molecule has 106 heavy (non-hydrogen) atoms. The molecule has 0 aliphatic carbocycles. The number of hydrogen-bond donors (Lipinski definition) is 0. The Kier molecular flexibility index (Phi) is 25.2. The van der Waals surface area contributed by atoms with Crippen LogP contribution in [0.2, 0.25) is 33.2 Å². The normalized spacial score (nSPS) is 13.7. The van der Waals surface area contributed by atoms with E-state index in [0.29, 0.717) is 33.2 Å². The van der Waals surface area contributed by atoms with Crippen molar-refractivity contribution < 1.29 is 0 Å². The third-order valence-corrected chi connectivity index (χ3v) is 38.6. The number of aryl methyl sites for hydroxylation is 2. The Balaban J connectivity index is 0.000000206. The molecule has 0 saturated heterocycles. The lowest BCUT2D eigenvalue weighted by atomic mass is 9.89. The number of aliphatic imine (C=N–C) groups is 2. The zero-order chi connectivity index (χ0) is 75.1. The van der Waals surface area contributed by atoms with Crippen molar-refractivity contribution in [3.8, 4) is 45.2 Å². The van der Waals surface area contributed by atoms with E-state index in [1.807, 2.05) is 0 Å². The van der Waals surface area contributed by atoms with Crippen molar-refractivity contribution in [3.63, 3.8) is 0 Å². The molecule has 11 aromatic carbocycles. The van der Waals surface area contributed by atoms with Crippen molar-refractivity contribution in [2.75, 3.05) is 0 Å². The molecule has 0 saturated carbocycles. The van der Waals surface area contributed by atoms with E-state index in [2.05, 4.69) is 342 Å². The highest BCUT2D eigenvalue weighted by molar-refractivity contribution is 8.15. The van der Waals surface area contributed by atoms with E-state index in [0.717, 1.165) is 69.1 Å². The van der Waals surface area contributed by atoms with Crippen LogP contribution >= 0.6 is 23.5 Å². The minimum Gasteiger partial charge on any atom is -0.240 e. The lowest BCUT2D eigenvalue weighted by Crippen LogP contribution is -2.43. The fourth-order valence-electron chi connectivity index (χ4n) is 17.9. The molecule has 6 heteroatoms. The second-order valence-electron chi connectivity index (χ2n) is 33.9. The van der Waals surface area contributed by atoms with Gasteiger partial charge in [-0.3, -0.25) is 0 Å². The summed E-state index contributed by atoms with van der Waals surface area (Å²) in [6.07, 6.45) is 12.7. The molecule has 0 radical (unpaired) electrons. The van der Waals surface area contributed by atoms with Crippen LogP contribution in [0, 0.1) is 46.6 Å². The van der Waals surface area contributed by atoms with Gasteiger partial charge in [0.2, 0.25) is 0 Å². The predicted octanol–water partition coefficient (Wildman–Crippen LogP) is 30.8. The maximum Gasteiger partial charge on any atom is 0.146 e. The Morgan fingerprint density at radius 2 is 0.623 bits per heavy atom. The lowest BCUT2D eigenvalue weighted by molar-refractivity contribution is 0.437. The van der Waals surface area contributed by atoms with E-state index in [-0.39, 0.29) is 0 Å². The summed E-state index contributed by atoms with van der Waals surface area (Å²) in [6.45, 7) is 43.1. The summed E-state index contributed by atoms with van der Waals surface area (Å²) >= 11 is 3.60. The van der Waals surface area contributed by atoms with Gasteiger partial charge < -0.3 is 0 Å². The van der Waals surface area contributed by atoms with E-state index >= 15 is 0 Å². The average molecular weight is 1470 g/mol. The molecular formula is C100H116N2S2Si2. The molecule has 0 N–H and O–H groups in total. The van der Waals surface area contributed by atoms with Gasteiger partial charge in [-0.15, -0.1) is 11.1 Å². The van der Waals surface area contributed by atoms with Gasteiger partial charge in [-0.25, -0.2) is 9.98 Å². The van der Waals surface area contributed by atoms with Crippen LogP contribution in [0.15, 0.2) is 214 Å². The van der Waals surface area contributed by atoms with Gasteiger partial charge in [-0.05, 0) is 184 Å². The van der Waals surface area contributed by atoms with Gasteiger partial charge in [0, 0.05) is 53.9 Å². The second-order valence-corrected chi connectivity index (χ2v) is 47.1. The van der Waals surface area contributed by atoms with Crippen molar-refractivity contribution in [1.29, 1.82) is 0 Å². The average Bonchev–Trinajstić information content (AvgIpc) is 0.718. The molecular weight excluding hydrogens is 1350 g/mol. The Bertz CT molecular complexity index is 4670. The standard InChI is InChI=1S/C56H62N2S2.C44H54Si2/c1-37(2)15-13-17-39(5)23-25-41-27-31-43(32-28-41)47-35-49-52-51-50(60-55(57-53(47)51)45-19-9-7-10-20-45)36-48(54(52)58-56(59-49)46-21-11-8-12-22-46)44-33-29-42(30-34-44)26-24-40(6)18-14-16-38(3)4;1-29(2)45(30(3)4,31(5)6)23-21-39-41-25-35-17-13-15-19-37(35)27-43(41)40(22-24-46(32(7)8,33(9)10)34(11)12)44-28-38-20-16-14-18-36(38)26-42(39)44/h7-12,19-22,27-40H,13-18,23-26H2,1-6H3;13-20,25-34H,1-12H3. The molecule has 0 aromatic heterocycles. The van der Waals surface area contributed by atoms with Crippen LogP contribution in [0.3, 0.4) is 0 Å². The Morgan fingerprint density at radius 3 is 0.915 bits per heavy atom. The monoisotopic (exact) mass is 1460 g/mol. The van der Waals surface area contributed by atoms with Crippen molar-refractivity contribution >= 4 is 115 Å². The quantitative estimate of drug-likeness (QED) is 0.0342. The first-order chi connectivity index (χ1) is 50.9. The van der Waals surface area contributed by atoms with Crippen molar-refractivity contribution in [2.24, 2.45) is 33.7 Å². The summed E-state index contributed by atoms with van der Waals surface area (Å²) < 4.78 is 0. The van der Waals surface area contributed by atoms with Crippen molar-refractivity contribution in [3.05, 3.63) is 228 Å². The van der Waals surface area contributed by atoms with Gasteiger partial charge in [0.1, 0.15) is 26.2 Å². The smallest absolute Gasteiger partial charge is 0.146 e. The van der Waals surface area contributed by atoms with E-state index in [4.69, 9.17) is 9.98 Å². The van der Waals surface area contributed by atoms with Crippen LogP contribution < -0.4 is 0 Å². The minimum atomic E-state index is -1.97. The summed E-state index contributed by atoms with van der Waals surface area (Å²) in [5, 5.41) is 14.5. The first-order valence-corrected chi connectivity index (χ1v) is 46.4. The van der Waals surface area contributed by atoms with Gasteiger partial charge in [0.05, 0.1) is 11.4 Å². The van der Waals surface area contributed by atoms with E-state index < -0.39 is 16.1 Å². The molecule has 0 fully saturated rings. The van der Waals surface area contributed by atoms with E-state index in [1.54, 1.807) is 23.5 Å². The van der Waals surface area contributed by atoms with E-state index in [1.165, 1.54) is 160 Å². The van der Waals surface area contributed by atoms with Gasteiger partial charge >= 0.3 is 0 Å². The highest BCUT2D eigenvalue weighted by Crippen LogP contribution is 2.57. The number of thioether (sulfide) groups is 2. The number of nitrogens with zero attached hydrogens (tertiary/aromatic N) is 2. The summed E-state index contributed by atoms with van der Waals surface area (Å²) in [4.78, 5) is 13.6. The zero-order valence-corrected chi connectivity index (χ0v) is 70.7. The first kappa shape index (κ1) is 77.9. The molecule has 2 atom stereocenters. The molecule has 2 unspecified atom stereocenters. The molecule has 2 heterocycles. The van der Waals surface area contributed by atoms with Crippen LogP contribution in [-0.2, 0) is 12.8 Å². The SMILES string of the molecule is CC(C)CCCC(C)CCc1ccc(-c2cc3c4c(c(-c5ccc(CCC(C)CCCC(C)C)cc5)cc5c4c2N=C(c2ccccc2)S5)N=C(c2ccccc2)S3)cc1.CC(C)[Si](C#Cc1c2cc3ccccc3cc2c(C#C[Si](C(C)C)(C(C)C)C(C)C)c2cc3ccccc3cc12)(C(C)C)C(C)C. The van der Waals surface area contributed by atoms with Gasteiger partial charge in [0.25, 0.3) is 0 Å². The maximum atomic E-state index is 5.55. The number of rotatable bonds is 24. The third kappa shape index (κ3) is 16.8. The summed E-state index contributed by atoms with van der Waals surface area (Å²) in [6, 6.07) is 72.2. The molecule has 2 nitrogen and oxygen atoms in total. The molecule has 13 rings (SSSR count). The Morgan fingerprint density at radius 1 is 0.321 bits per heavy atom. The fraction of sp³-hybridized carbons (Fsp3) is 0.380. The topological polar surface area (TPSA) is 24.7 Å². The molecule has 0 amide bonds. The number of benzene rings is 11. The third-order valence-electron chi connectivity index (χ3n) is 23.9. The van der Waals surface area contributed by atoms with Gasteiger partial charge in [0.15, 0.2) is 0 Å². The largest absolute Gasteiger partial charge is 0.240 e.